The number of aromatic amines is 1. The van der Waals surface area contributed by atoms with Crippen molar-refractivity contribution >= 4 is 16.6 Å². The fraction of sp³-hybridized carbons (Fsp3) is 0.120. The Labute approximate surface area is 185 Å². The maximum absolute atomic E-state index is 9.98. The molecule has 0 spiro atoms. The first-order valence-corrected chi connectivity index (χ1v) is 10.4. The van der Waals surface area contributed by atoms with Crippen LogP contribution in [0.3, 0.4) is 0 Å². The molecule has 0 amide bonds. The standard InChI is InChI=1S/C25H22N6O/c1-16-21-11-18(7-8-23(21)31-30-16)22-12-20(14-26-25(22)19-9-10-27-28-13-19)29-24(15-32)17-5-3-2-4-6-17/h2-14,24,29,32H,15H2,1H3,(H,30,31). The molecule has 5 aromatic rings. The number of rotatable bonds is 6. The van der Waals surface area contributed by atoms with Crippen LogP contribution in [0.1, 0.15) is 17.3 Å². The van der Waals surface area contributed by atoms with Gasteiger partial charge in [0, 0.05) is 16.5 Å². The zero-order valence-corrected chi connectivity index (χ0v) is 17.5. The van der Waals surface area contributed by atoms with Crippen LogP contribution < -0.4 is 5.32 Å². The number of H-pyrrole nitrogens is 1. The van der Waals surface area contributed by atoms with Crippen molar-refractivity contribution in [3.8, 4) is 22.4 Å². The Kier molecular flexibility index (Phi) is 5.31. The van der Waals surface area contributed by atoms with E-state index in [1.807, 2.05) is 49.4 Å². The van der Waals surface area contributed by atoms with Crippen LogP contribution in [0.4, 0.5) is 5.69 Å². The number of aryl methyl sites for hydroxylation is 1. The first kappa shape index (κ1) is 19.8. The maximum Gasteiger partial charge on any atom is 0.0798 e. The second-order valence-corrected chi connectivity index (χ2v) is 7.61. The minimum Gasteiger partial charge on any atom is -0.394 e. The molecule has 0 bridgehead atoms. The number of aromatic nitrogens is 5. The quantitative estimate of drug-likeness (QED) is 0.372. The van der Waals surface area contributed by atoms with Gasteiger partial charge in [0.25, 0.3) is 0 Å². The van der Waals surface area contributed by atoms with Gasteiger partial charge in [-0.15, -0.1) is 0 Å². The van der Waals surface area contributed by atoms with E-state index in [1.54, 1.807) is 18.6 Å². The number of anilines is 1. The molecular formula is C25H22N6O. The molecule has 5 rings (SSSR count). The molecule has 7 nitrogen and oxygen atoms in total. The molecule has 0 aliphatic carbocycles. The molecule has 1 unspecified atom stereocenters. The fourth-order valence-electron chi connectivity index (χ4n) is 3.86. The predicted molar refractivity (Wildman–Crippen MR) is 125 cm³/mol. The van der Waals surface area contributed by atoms with Crippen LogP contribution in [0, 0.1) is 6.92 Å². The highest BCUT2D eigenvalue weighted by Gasteiger charge is 2.15. The molecule has 3 N–H and O–H groups in total. The normalized spacial score (nSPS) is 12.1. The number of benzene rings is 2. The largest absolute Gasteiger partial charge is 0.394 e. The molecule has 0 aliphatic heterocycles. The zero-order valence-electron chi connectivity index (χ0n) is 17.5. The Morgan fingerprint density at radius 2 is 1.84 bits per heavy atom. The summed E-state index contributed by atoms with van der Waals surface area (Å²) in [7, 11) is 0. The van der Waals surface area contributed by atoms with Crippen molar-refractivity contribution in [3.05, 3.63) is 90.5 Å². The van der Waals surface area contributed by atoms with E-state index in [-0.39, 0.29) is 12.6 Å². The summed E-state index contributed by atoms with van der Waals surface area (Å²) in [5.74, 6) is 0. The van der Waals surface area contributed by atoms with Crippen molar-refractivity contribution < 1.29 is 5.11 Å². The molecule has 1 atom stereocenters. The lowest BCUT2D eigenvalue weighted by Gasteiger charge is -2.19. The van der Waals surface area contributed by atoms with Gasteiger partial charge in [0.15, 0.2) is 0 Å². The molecule has 0 saturated heterocycles. The van der Waals surface area contributed by atoms with E-state index in [4.69, 9.17) is 4.98 Å². The van der Waals surface area contributed by atoms with Gasteiger partial charge in [-0.3, -0.25) is 10.1 Å². The van der Waals surface area contributed by atoms with Gasteiger partial charge in [-0.25, -0.2) is 0 Å². The number of aliphatic hydroxyl groups excluding tert-OH is 1. The average molecular weight is 422 g/mol. The number of hydrogen-bond donors (Lipinski definition) is 3. The average Bonchev–Trinajstić information content (AvgIpc) is 3.23. The number of hydrogen-bond acceptors (Lipinski definition) is 6. The molecule has 2 aromatic carbocycles. The van der Waals surface area contributed by atoms with Crippen molar-refractivity contribution in [2.45, 2.75) is 13.0 Å². The highest BCUT2D eigenvalue weighted by molar-refractivity contribution is 5.90. The minimum atomic E-state index is -0.238. The molecule has 32 heavy (non-hydrogen) atoms. The van der Waals surface area contributed by atoms with Gasteiger partial charge in [-0.05, 0) is 42.3 Å². The van der Waals surface area contributed by atoms with Crippen molar-refractivity contribution in [1.29, 1.82) is 0 Å². The summed E-state index contributed by atoms with van der Waals surface area (Å²) in [5, 5.41) is 29.7. The van der Waals surface area contributed by atoms with Crippen LogP contribution in [0.5, 0.6) is 0 Å². The van der Waals surface area contributed by atoms with Gasteiger partial charge in [-0.1, -0.05) is 36.4 Å². The van der Waals surface area contributed by atoms with Gasteiger partial charge in [0.2, 0.25) is 0 Å². The van der Waals surface area contributed by atoms with Crippen LogP contribution in [0.25, 0.3) is 33.3 Å². The summed E-state index contributed by atoms with van der Waals surface area (Å²) in [4.78, 5) is 4.76. The molecule has 0 radical (unpaired) electrons. The number of nitrogens with one attached hydrogen (secondary N) is 2. The molecule has 0 fully saturated rings. The van der Waals surface area contributed by atoms with E-state index in [2.05, 4.69) is 43.9 Å². The van der Waals surface area contributed by atoms with Gasteiger partial charge < -0.3 is 10.4 Å². The Balaban J connectivity index is 1.61. The first-order chi connectivity index (χ1) is 15.7. The Morgan fingerprint density at radius 3 is 2.62 bits per heavy atom. The van der Waals surface area contributed by atoms with Gasteiger partial charge in [-0.2, -0.15) is 15.3 Å². The lowest BCUT2D eigenvalue weighted by atomic mass is 9.98. The topological polar surface area (TPSA) is 99.6 Å². The summed E-state index contributed by atoms with van der Waals surface area (Å²) in [5.41, 5.74) is 7.43. The maximum atomic E-state index is 9.98. The SMILES string of the molecule is Cc1n[nH]c2ccc(-c3cc(NC(CO)c4ccccc4)cnc3-c3ccnnc3)cc12. The van der Waals surface area contributed by atoms with Crippen LogP contribution in [-0.4, -0.2) is 37.1 Å². The summed E-state index contributed by atoms with van der Waals surface area (Å²) < 4.78 is 0. The van der Waals surface area contributed by atoms with Crippen LogP contribution in [0.15, 0.2) is 79.3 Å². The van der Waals surface area contributed by atoms with E-state index >= 15 is 0 Å². The van der Waals surface area contributed by atoms with Crippen LogP contribution in [0.2, 0.25) is 0 Å². The van der Waals surface area contributed by atoms with Crippen molar-refractivity contribution in [1.82, 2.24) is 25.4 Å². The van der Waals surface area contributed by atoms with Crippen LogP contribution >= 0.6 is 0 Å². The second-order valence-electron chi connectivity index (χ2n) is 7.61. The highest BCUT2D eigenvalue weighted by Crippen LogP contribution is 2.34. The van der Waals surface area contributed by atoms with Crippen molar-refractivity contribution in [2.75, 3.05) is 11.9 Å². The van der Waals surface area contributed by atoms with Gasteiger partial charge >= 0.3 is 0 Å². The van der Waals surface area contributed by atoms with Crippen molar-refractivity contribution in [2.24, 2.45) is 0 Å². The third kappa shape index (κ3) is 3.81. The summed E-state index contributed by atoms with van der Waals surface area (Å²) >= 11 is 0. The highest BCUT2D eigenvalue weighted by atomic mass is 16.3. The Hall–Kier alpha value is -4.10. The molecule has 7 heteroatoms. The zero-order chi connectivity index (χ0) is 21.9. The lowest BCUT2D eigenvalue weighted by molar-refractivity contribution is 0.276. The number of pyridine rings is 1. The van der Waals surface area contributed by atoms with E-state index in [0.29, 0.717) is 0 Å². The molecule has 0 aliphatic rings. The molecule has 0 saturated carbocycles. The number of aliphatic hydroxyl groups is 1. The predicted octanol–water partition coefficient (Wildman–Crippen LogP) is 4.54. The third-order valence-electron chi connectivity index (χ3n) is 5.54. The first-order valence-electron chi connectivity index (χ1n) is 10.4. The molecule has 3 aromatic heterocycles. The molecular weight excluding hydrogens is 400 g/mol. The van der Waals surface area contributed by atoms with E-state index in [0.717, 1.165) is 50.2 Å². The molecule has 3 heterocycles. The van der Waals surface area contributed by atoms with Gasteiger partial charge in [0.05, 0.1) is 53.8 Å². The Bertz CT molecular complexity index is 1350. The second kappa shape index (κ2) is 8.56. The van der Waals surface area contributed by atoms with E-state index in [9.17, 15) is 5.11 Å². The van der Waals surface area contributed by atoms with Gasteiger partial charge in [0.1, 0.15) is 0 Å². The third-order valence-corrected chi connectivity index (χ3v) is 5.54. The molecule has 158 valence electrons. The summed E-state index contributed by atoms with van der Waals surface area (Å²) in [6, 6.07) is 19.8. The van der Waals surface area contributed by atoms with Crippen molar-refractivity contribution in [3.63, 3.8) is 0 Å². The fourth-order valence-corrected chi connectivity index (χ4v) is 3.86. The van der Waals surface area contributed by atoms with E-state index < -0.39 is 0 Å². The number of nitrogens with zero attached hydrogens (tertiary/aromatic N) is 4. The summed E-state index contributed by atoms with van der Waals surface area (Å²) in [6.45, 7) is 1.95. The number of fused-ring (bicyclic) bond motifs is 1. The van der Waals surface area contributed by atoms with E-state index in [1.165, 1.54) is 0 Å². The van der Waals surface area contributed by atoms with Crippen LogP contribution in [-0.2, 0) is 0 Å². The monoisotopic (exact) mass is 422 g/mol. The Morgan fingerprint density at radius 1 is 0.969 bits per heavy atom. The summed E-state index contributed by atoms with van der Waals surface area (Å²) in [6.07, 6.45) is 5.15. The minimum absolute atomic E-state index is 0.0322. The smallest absolute Gasteiger partial charge is 0.0798 e. The lowest BCUT2D eigenvalue weighted by Crippen LogP contribution is -2.15.